The van der Waals surface area contributed by atoms with Crippen LogP contribution in [0.2, 0.25) is 0 Å². The molecule has 2 aromatic heterocycles. The minimum Gasteiger partial charge on any atom is -0.475 e. The lowest BCUT2D eigenvalue weighted by Gasteiger charge is -1.95. The first-order valence-electron chi connectivity index (χ1n) is 3.90. The summed E-state index contributed by atoms with van der Waals surface area (Å²) in [5, 5.41) is 15.8. The molecule has 0 fully saturated rings. The second kappa shape index (κ2) is 3.33. The molecule has 2 heterocycles. The van der Waals surface area contributed by atoms with E-state index in [2.05, 4.69) is 10.2 Å². The van der Waals surface area contributed by atoms with Crippen molar-refractivity contribution in [3.63, 3.8) is 0 Å². The van der Waals surface area contributed by atoms with E-state index in [1.165, 1.54) is 18.7 Å². The Bertz CT molecular complexity index is 432. The van der Waals surface area contributed by atoms with E-state index >= 15 is 0 Å². The molecule has 2 rings (SSSR count). The Kier molecular flexibility index (Phi) is 2.02. The molecule has 0 saturated heterocycles. The summed E-state index contributed by atoms with van der Waals surface area (Å²) in [6.07, 6.45) is 3.06. The molecule has 0 bridgehead atoms. The molecule has 0 unspecified atom stereocenters. The Morgan fingerprint density at radius 1 is 1.43 bits per heavy atom. The van der Waals surface area contributed by atoms with Crippen LogP contribution in [0.4, 0.5) is 0 Å². The van der Waals surface area contributed by atoms with Crippen molar-refractivity contribution in [1.29, 1.82) is 0 Å². The molecule has 6 nitrogen and oxygen atoms in total. The first-order valence-corrected chi connectivity index (χ1v) is 3.90. The maximum atomic E-state index is 10.5. The summed E-state index contributed by atoms with van der Waals surface area (Å²) in [7, 11) is 0. The minimum absolute atomic E-state index is 0.0620. The molecule has 6 heteroatoms. The topological polar surface area (TPSA) is 81.1 Å². The smallest absolute Gasteiger partial charge is 0.371 e. The van der Waals surface area contributed by atoms with Crippen LogP contribution in [0, 0.1) is 0 Å². The second-order valence-corrected chi connectivity index (χ2v) is 2.71. The SMILES string of the molecule is O=C(O)c1ccc(Cn2cnnc2)o1. The van der Waals surface area contributed by atoms with Crippen molar-refractivity contribution in [3.8, 4) is 0 Å². The van der Waals surface area contributed by atoms with Gasteiger partial charge >= 0.3 is 5.97 Å². The normalized spacial score (nSPS) is 10.3. The van der Waals surface area contributed by atoms with Gasteiger partial charge in [0.25, 0.3) is 0 Å². The van der Waals surface area contributed by atoms with Gasteiger partial charge in [-0.1, -0.05) is 0 Å². The van der Waals surface area contributed by atoms with Gasteiger partial charge in [-0.05, 0) is 12.1 Å². The van der Waals surface area contributed by atoms with Gasteiger partial charge in [-0.15, -0.1) is 10.2 Å². The zero-order valence-corrected chi connectivity index (χ0v) is 7.12. The summed E-state index contributed by atoms with van der Waals surface area (Å²) in [6, 6.07) is 3.03. The highest BCUT2D eigenvalue weighted by Gasteiger charge is 2.08. The highest BCUT2D eigenvalue weighted by Crippen LogP contribution is 2.08. The highest BCUT2D eigenvalue weighted by atomic mass is 16.4. The van der Waals surface area contributed by atoms with E-state index in [9.17, 15) is 4.79 Å². The van der Waals surface area contributed by atoms with Gasteiger partial charge in [-0.25, -0.2) is 4.79 Å². The molecular weight excluding hydrogens is 186 g/mol. The van der Waals surface area contributed by atoms with Crippen molar-refractivity contribution in [2.75, 3.05) is 0 Å². The number of hydrogen-bond donors (Lipinski definition) is 1. The zero-order chi connectivity index (χ0) is 9.97. The van der Waals surface area contributed by atoms with Gasteiger partial charge in [-0.3, -0.25) is 0 Å². The Labute approximate surface area is 78.8 Å². The van der Waals surface area contributed by atoms with Crippen molar-refractivity contribution in [3.05, 3.63) is 36.3 Å². The molecule has 0 aliphatic carbocycles. The minimum atomic E-state index is -1.07. The van der Waals surface area contributed by atoms with Gasteiger partial charge in [0.2, 0.25) is 5.76 Å². The summed E-state index contributed by atoms with van der Waals surface area (Å²) in [6.45, 7) is 0.431. The van der Waals surface area contributed by atoms with Crippen LogP contribution < -0.4 is 0 Å². The summed E-state index contributed by atoms with van der Waals surface area (Å²) in [5.74, 6) is -0.574. The Morgan fingerprint density at radius 2 is 2.14 bits per heavy atom. The summed E-state index contributed by atoms with van der Waals surface area (Å²) in [5.41, 5.74) is 0. The van der Waals surface area contributed by atoms with Crippen LogP contribution in [-0.2, 0) is 6.54 Å². The fourth-order valence-corrected chi connectivity index (χ4v) is 1.06. The fraction of sp³-hybridized carbons (Fsp3) is 0.125. The Balaban J connectivity index is 2.14. The monoisotopic (exact) mass is 193 g/mol. The molecule has 0 aliphatic rings. The fourth-order valence-electron chi connectivity index (χ4n) is 1.06. The van der Waals surface area contributed by atoms with E-state index in [1.54, 1.807) is 10.6 Å². The lowest BCUT2D eigenvalue weighted by atomic mass is 10.4. The summed E-state index contributed by atoms with van der Waals surface area (Å²) in [4.78, 5) is 10.5. The Hall–Kier alpha value is -2.11. The standard InChI is InChI=1S/C8H7N3O3/c12-8(13)7-2-1-6(14-7)3-11-4-9-10-5-11/h1-2,4-5H,3H2,(H,12,13). The highest BCUT2D eigenvalue weighted by molar-refractivity contribution is 5.84. The van der Waals surface area contributed by atoms with Crippen molar-refractivity contribution in [2.24, 2.45) is 0 Å². The molecule has 0 radical (unpaired) electrons. The lowest BCUT2D eigenvalue weighted by molar-refractivity contribution is 0.0660. The first kappa shape index (κ1) is 8.49. The van der Waals surface area contributed by atoms with E-state index in [4.69, 9.17) is 9.52 Å². The average Bonchev–Trinajstić information content (AvgIpc) is 2.75. The van der Waals surface area contributed by atoms with Gasteiger partial charge < -0.3 is 14.1 Å². The maximum absolute atomic E-state index is 10.5. The van der Waals surface area contributed by atoms with Gasteiger partial charge in [0.05, 0.1) is 6.54 Å². The van der Waals surface area contributed by atoms with Crippen molar-refractivity contribution in [2.45, 2.75) is 6.54 Å². The summed E-state index contributed by atoms with van der Waals surface area (Å²) < 4.78 is 6.73. The molecule has 0 amide bonds. The summed E-state index contributed by atoms with van der Waals surface area (Å²) >= 11 is 0. The number of carboxylic acid groups (broad SMARTS) is 1. The number of rotatable bonds is 3. The van der Waals surface area contributed by atoms with E-state index in [0.29, 0.717) is 12.3 Å². The number of nitrogens with zero attached hydrogens (tertiary/aromatic N) is 3. The lowest BCUT2D eigenvalue weighted by Crippen LogP contribution is -1.95. The molecule has 2 aromatic rings. The van der Waals surface area contributed by atoms with Crippen LogP contribution in [0.15, 0.2) is 29.2 Å². The third-order valence-corrected chi connectivity index (χ3v) is 1.68. The van der Waals surface area contributed by atoms with Crippen molar-refractivity contribution < 1.29 is 14.3 Å². The quantitative estimate of drug-likeness (QED) is 0.772. The van der Waals surface area contributed by atoms with E-state index in [0.717, 1.165) is 0 Å². The molecular formula is C8H7N3O3. The van der Waals surface area contributed by atoms with Crippen LogP contribution in [0.5, 0.6) is 0 Å². The van der Waals surface area contributed by atoms with Gasteiger partial charge in [0, 0.05) is 0 Å². The molecule has 0 aliphatic heterocycles. The van der Waals surface area contributed by atoms with Crippen LogP contribution in [0.3, 0.4) is 0 Å². The van der Waals surface area contributed by atoms with E-state index in [1.807, 2.05) is 0 Å². The second-order valence-electron chi connectivity index (χ2n) is 2.71. The first-order chi connectivity index (χ1) is 6.75. The molecule has 0 saturated carbocycles. The third-order valence-electron chi connectivity index (χ3n) is 1.68. The van der Waals surface area contributed by atoms with E-state index < -0.39 is 5.97 Å². The zero-order valence-electron chi connectivity index (χ0n) is 7.12. The van der Waals surface area contributed by atoms with Gasteiger partial charge in [0.1, 0.15) is 18.4 Å². The average molecular weight is 193 g/mol. The number of carboxylic acids is 1. The number of furan rings is 1. The van der Waals surface area contributed by atoms with Gasteiger partial charge in [-0.2, -0.15) is 0 Å². The van der Waals surface area contributed by atoms with Crippen LogP contribution >= 0.6 is 0 Å². The van der Waals surface area contributed by atoms with E-state index in [-0.39, 0.29) is 5.76 Å². The van der Waals surface area contributed by atoms with Crippen molar-refractivity contribution in [1.82, 2.24) is 14.8 Å². The van der Waals surface area contributed by atoms with Crippen LogP contribution in [0.1, 0.15) is 16.3 Å². The third kappa shape index (κ3) is 1.63. The number of hydrogen-bond acceptors (Lipinski definition) is 4. The molecule has 14 heavy (non-hydrogen) atoms. The molecule has 0 aromatic carbocycles. The largest absolute Gasteiger partial charge is 0.475 e. The van der Waals surface area contributed by atoms with Crippen LogP contribution in [0.25, 0.3) is 0 Å². The number of aromatic carboxylic acids is 1. The van der Waals surface area contributed by atoms with Gasteiger partial charge in [0.15, 0.2) is 0 Å². The molecule has 0 spiro atoms. The molecule has 1 N–H and O–H groups in total. The number of carbonyl (C=O) groups is 1. The van der Waals surface area contributed by atoms with Crippen LogP contribution in [-0.4, -0.2) is 25.8 Å². The predicted molar refractivity (Wildman–Crippen MR) is 44.8 cm³/mol. The number of aromatic nitrogens is 3. The van der Waals surface area contributed by atoms with Crippen molar-refractivity contribution >= 4 is 5.97 Å². The maximum Gasteiger partial charge on any atom is 0.371 e. The Morgan fingerprint density at radius 3 is 2.71 bits per heavy atom. The predicted octanol–water partition coefficient (Wildman–Crippen LogP) is 0.618. The molecule has 0 atom stereocenters. The molecule has 72 valence electrons.